The van der Waals surface area contributed by atoms with Gasteiger partial charge < -0.3 is 4.74 Å². The second-order valence-corrected chi connectivity index (χ2v) is 7.93. The Morgan fingerprint density at radius 2 is 2.05 bits per heavy atom. The maximum absolute atomic E-state index is 11.8. The Labute approximate surface area is 131 Å². The zero-order valence-corrected chi connectivity index (χ0v) is 13.1. The molecule has 1 aromatic carbocycles. The van der Waals surface area contributed by atoms with Gasteiger partial charge in [-0.2, -0.15) is 0 Å². The van der Waals surface area contributed by atoms with Crippen molar-refractivity contribution in [2.75, 3.05) is 6.61 Å². The maximum Gasteiger partial charge on any atom is 0.338 e. The first kappa shape index (κ1) is 15.9. The van der Waals surface area contributed by atoms with E-state index in [4.69, 9.17) is 44.7 Å². The van der Waals surface area contributed by atoms with E-state index in [0.29, 0.717) is 6.42 Å². The molecule has 0 amide bonds. The third-order valence-corrected chi connectivity index (χ3v) is 5.16. The molecule has 9 heteroatoms. The molecule has 0 bridgehead atoms. The normalized spacial score (nSPS) is 20.5. The highest BCUT2D eigenvalue weighted by molar-refractivity contribution is 7.89. The van der Waals surface area contributed by atoms with E-state index < -0.39 is 20.3 Å². The fourth-order valence-corrected chi connectivity index (χ4v) is 3.13. The summed E-state index contributed by atoms with van der Waals surface area (Å²) >= 11 is 17.3. The van der Waals surface area contributed by atoms with Crippen molar-refractivity contribution < 1.29 is 17.9 Å². The van der Waals surface area contributed by atoms with Crippen LogP contribution in [0, 0.1) is 5.92 Å². The number of nitrogens with two attached hydrogens (primary N) is 1. The Balaban J connectivity index is 2.11. The molecule has 2 N–H and O–H groups in total. The molecule has 1 aliphatic carbocycles. The number of carbonyl (C=O) groups excluding carboxylic acids is 1. The molecule has 1 saturated carbocycles. The fourth-order valence-electron chi connectivity index (χ4n) is 1.56. The van der Waals surface area contributed by atoms with Crippen LogP contribution in [0.5, 0.6) is 0 Å². The number of hydrogen-bond donors (Lipinski definition) is 1. The van der Waals surface area contributed by atoms with Crippen molar-refractivity contribution in [3.8, 4) is 0 Å². The second kappa shape index (κ2) is 5.35. The molecule has 1 aliphatic rings. The average Bonchev–Trinajstić information content (AvgIpc) is 2.93. The lowest BCUT2D eigenvalue weighted by Crippen LogP contribution is -2.15. The van der Waals surface area contributed by atoms with Gasteiger partial charge in [0.1, 0.15) is 9.23 Å². The van der Waals surface area contributed by atoms with Crippen molar-refractivity contribution in [3.05, 3.63) is 28.8 Å². The number of esters is 1. The van der Waals surface area contributed by atoms with Crippen LogP contribution in [0.4, 0.5) is 0 Å². The Bertz CT molecular complexity index is 660. The second-order valence-electron chi connectivity index (χ2n) is 4.45. The number of halogens is 3. The molecule has 2 rings (SSSR count). The van der Waals surface area contributed by atoms with Gasteiger partial charge in [-0.25, -0.2) is 18.4 Å². The van der Waals surface area contributed by atoms with Gasteiger partial charge in [-0.1, -0.05) is 11.6 Å². The SMILES string of the molecule is NS(=O)(=O)c1cc(C(=O)OC[C@H]2CC2(Cl)Cl)ccc1Cl. The van der Waals surface area contributed by atoms with E-state index in [1.165, 1.54) is 12.1 Å². The van der Waals surface area contributed by atoms with E-state index >= 15 is 0 Å². The topological polar surface area (TPSA) is 86.5 Å². The molecule has 5 nitrogen and oxygen atoms in total. The summed E-state index contributed by atoms with van der Waals surface area (Å²) in [6.45, 7) is 0.0686. The van der Waals surface area contributed by atoms with E-state index in [1.54, 1.807) is 0 Å². The van der Waals surface area contributed by atoms with Gasteiger partial charge in [-0.3, -0.25) is 0 Å². The first-order valence-corrected chi connectivity index (χ1v) is 8.16. The molecule has 0 spiro atoms. The lowest BCUT2D eigenvalue weighted by Gasteiger charge is -2.07. The minimum absolute atomic E-state index is 0.0359. The first-order valence-electron chi connectivity index (χ1n) is 5.48. The molecule has 0 radical (unpaired) electrons. The van der Waals surface area contributed by atoms with Crippen LogP contribution in [0.15, 0.2) is 23.1 Å². The highest BCUT2D eigenvalue weighted by atomic mass is 35.5. The van der Waals surface area contributed by atoms with Crippen molar-refractivity contribution in [2.45, 2.75) is 15.6 Å². The standard InChI is InChI=1S/C11H10Cl3NO4S/c12-8-2-1-6(3-9(8)20(15,17)18)10(16)19-5-7-4-11(7,13)14/h1-3,7H,4-5H2,(H2,15,17,18)/t7-/m1/s1. The summed E-state index contributed by atoms with van der Waals surface area (Å²) in [6.07, 6.45) is 0.548. The van der Waals surface area contributed by atoms with Gasteiger partial charge in [-0.15, -0.1) is 23.2 Å². The number of sulfonamides is 1. The lowest BCUT2D eigenvalue weighted by molar-refractivity contribution is 0.0485. The number of benzene rings is 1. The van der Waals surface area contributed by atoms with Crippen molar-refractivity contribution in [3.63, 3.8) is 0 Å². The average molecular weight is 359 g/mol. The molecule has 20 heavy (non-hydrogen) atoms. The van der Waals surface area contributed by atoms with Gasteiger partial charge in [0, 0.05) is 5.92 Å². The Morgan fingerprint density at radius 3 is 2.55 bits per heavy atom. The zero-order valence-electron chi connectivity index (χ0n) is 9.98. The summed E-state index contributed by atoms with van der Waals surface area (Å²) in [5, 5.41) is 4.93. The van der Waals surface area contributed by atoms with Crippen LogP contribution in [0.1, 0.15) is 16.8 Å². The predicted octanol–water partition coefficient (Wildman–Crippen LogP) is 2.34. The lowest BCUT2D eigenvalue weighted by atomic mass is 10.2. The Hall–Kier alpha value is -0.530. The summed E-state index contributed by atoms with van der Waals surface area (Å²) < 4.78 is 26.8. The molecule has 0 aliphatic heterocycles. The minimum atomic E-state index is -4.01. The van der Waals surface area contributed by atoms with E-state index in [-0.39, 0.29) is 28.0 Å². The van der Waals surface area contributed by atoms with Crippen LogP contribution < -0.4 is 5.14 Å². The van der Waals surface area contributed by atoms with Gasteiger partial charge in [-0.05, 0) is 24.6 Å². The summed E-state index contributed by atoms with van der Waals surface area (Å²) in [4.78, 5) is 11.5. The summed E-state index contributed by atoms with van der Waals surface area (Å²) in [5.74, 6) is -0.803. The van der Waals surface area contributed by atoms with Gasteiger partial charge in [0.15, 0.2) is 0 Å². The van der Waals surface area contributed by atoms with Crippen LogP contribution in [-0.4, -0.2) is 25.3 Å². The number of hydrogen-bond acceptors (Lipinski definition) is 4. The molecule has 1 atom stereocenters. The van der Waals surface area contributed by atoms with Crippen molar-refractivity contribution in [1.82, 2.24) is 0 Å². The van der Waals surface area contributed by atoms with Crippen molar-refractivity contribution in [2.24, 2.45) is 11.1 Å². The summed E-state index contributed by atoms with van der Waals surface area (Å²) in [6, 6.07) is 3.69. The number of alkyl halides is 2. The van der Waals surface area contributed by atoms with Gasteiger partial charge in [0.05, 0.1) is 17.2 Å². The molecule has 0 saturated heterocycles. The van der Waals surface area contributed by atoms with Crippen molar-refractivity contribution in [1.29, 1.82) is 0 Å². The van der Waals surface area contributed by atoms with Gasteiger partial charge >= 0.3 is 5.97 Å². The summed E-state index contributed by atoms with van der Waals surface area (Å²) in [7, 11) is -4.01. The molecule has 0 unspecified atom stereocenters. The molecule has 0 aromatic heterocycles. The molecular weight excluding hydrogens is 349 g/mol. The highest BCUT2D eigenvalue weighted by Gasteiger charge is 2.52. The van der Waals surface area contributed by atoms with Gasteiger partial charge in [0.2, 0.25) is 10.0 Å². The highest BCUT2D eigenvalue weighted by Crippen LogP contribution is 2.53. The Kier molecular flexibility index (Phi) is 4.24. The van der Waals surface area contributed by atoms with Gasteiger partial charge in [0.25, 0.3) is 0 Å². The van der Waals surface area contributed by atoms with E-state index in [2.05, 4.69) is 0 Å². The van der Waals surface area contributed by atoms with E-state index in [1.807, 2.05) is 0 Å². The number of carbonyl (C=O) groups is 1. The van der Waals surface area contributed by atoms with Crippen LogP contribution in [0.3, 0.4) is 0 Å². The van der Waals surface area contributed by atoms with Crippen LogP contribution in [0.25, 0.3) is 0 Å². The zero-order chi connectivity index (χ0) is 15.1. The van der Waals surface area contributed by atoms with Crippen molar-refractivity contribution >= 4 is 50.8 Å². The first-order chi connectivity index (χ1) is 9.11. The molecule has 1 aromatic rings. The van der Waals surface area contributed by atoms with Crippen LogP contribution >= 0.6 is 34.8 Å². The van der Waals surface area contributed by atoms with Crippen LogP contribution in [0.2, 0.25) is 5.02 Å². The quantitative estimate of drug-likeness (QED) is 0.661. The fraction of sp³-hybridized carbons (Fsp3) is 0.364. The monoisotopic (exact) mass is 357 g/mol. The molecule has 1 fully saturated rings. The largest absolute Gasteiger partial charge is 0.462 e. The Morgan fingerprint density at radius 1 is 1.45 bits per heavy atom. The van der Waals surface area contributed by atoms with E-state index in [0.717, 1.165) is 6.07 Å². The molecular formula is C11H10Cl3NO4S. The predicted molar refractivity (Wildman–Crippen MR) is 75.7 cm³/mol. The third-order valence-electron chi connectivity index (χ3n) is 2.84. The minimum Gasteiger partial charge on any atom is -0.462 e. The number of ether oxygens (including phenoxy) is 1. The van der Waals surface area contributed by atoms with Crippen LogP contribution in [-0.2, 0) is 14.8 Å². The number of primary sulfonamides is 1. The number of rotatable bonds is 4. The summed E-state index contributed by atoms with van der Waals surface area (Å²) in [5.41, 5.74) is 0.0359. The molecule has 0 heterocycles. The smallest absolute Gasteiger partial charge is 0.338 e. The molecule has 110 valence electrons. The van der Waals surface area contributed by atoms with E-state index in [9.17, 15) is 13.2 Å². The third kappa shape index (κ3) is 3.56. The maximum atomic E-state index is 11.8.